The molecular formula is C18H15ClN2O2. The third kappa shape index (κ3) is 2.85. The highest BCUT2D eigenvalue weighted by atomic mass is 35.5. The molecule has 1 aliphatic rings. The molecule has 0 spiro atoms. The largest absolute Gasteiger partial charge is 0.373 e. The highest BCUT2D eigenvalue weighted by Gasteiger charge is 2.39. The van der Waals surface area contributed by atoms with Crippen LogP contribution in [0.3, 0.4) is 0 Å². The number of hydrogen-bond acceptors (Lipinski definition) is 3. The van der Waals surface area contributed by atoms with Crippen molar-refractivity contribution in [2.75, 3.05) is 4.90 Å². The van der Waals surface area contributed by atoms with Crippen molar-refractivity contribution in [3.05, 3.63) is 77.0 Å². The second kappa shape index (κ2) is 6.26. The van der Waals surface area contributed by atoms with Gasteiger partial charge in [-0.1, -0.05) is 60.1 Å². The Morgan fingerprint density at radius 1 is 0.913 bits per heavy atom. The zero-order chi connectivity index (χ0) is 16.4. The van der Waals surface area contributed by atoms with Crippen molar-refractivity contribution in [1.82, 2.24) is 5.32 Å². The molecule has 0 aromatic heterocycles. The molecule has 0 bridgehead atoms. The maximum atomic E-state index is 12.6. The van der Waals surface area contributed by atoms with Gasteiger partial charge in [0.05, 0.1) is 5.69 Å². The number of anilines is 1. The summed E-state index contributed by atoms with van der Waals surface area (Å²) in [7, 11) is 0. The van der Waals surface area contributed by atoms with Crippen LogP contribution in [0.2, 0.25) is 0 Å². The van der Waals surface area contributed by atoms with E-state index in [0.717, 1.165) is 10.5 Å². The van der Waals surface area contributed by atoms with Crippen molar-refractivity contribution in [3.63, 3.8) is 0 Å². The van der Waals surface area contributed by atoms with Crippen molar-refractivity contribution >= 4 is 29.1 Å². The third-order valence-corrected chi connectivity index (χ3v) is 4.05. The standard InChI is InChI=1S/C18H15ClN2O2/c1-12(13-8-4-2-5-9-13)20-16-15(19)17(22)21(18(16)23)14-10-6-3-7-11-14/h2-12,20H,1H3. The van der Waals surface area contributed by atoms with Crippen molar-refractivity contribution in [1.29, 1.82) is 0 Å². The highest BCUT2D eigenvalue weighted by molar-refractivity contribution is 6.52. The topological polar surface area (TPSA) is 49.4 Å². The van der Waals surface area contributed by atoms with E-state index in [1.807, 2.05) is 43.3 Å². The number of imide groups is 1. The van der Waals surface area contributed by atoms with Crippen LogP contribution in [0.4, 0.5) is 5.69 Å². The van der Waals surface area contributed by atoms with E-state index in [2.05, 4.69) is 5.32 Å². The van der Waals surface area contributed by atoms with E-state index in [-0.39, 0.29) is 16.8 Å². The minimum absolute atomic E-state index is 0.0818. The van der Waals surface area contributed by atoms with Crippen molar-refractivity contribution in [2.45, 2.75) is 13.0 Å². The SMILES string of the molecule is CC(NC1=C(Cl)C(=O)N(c2ccccc2)C1=O)c1ccccc1. The summed E-state index contributed by atoms with van der Waals surface area (Å²) in [6.45, 7) is 1.91. The van der Waals surface area contributed by atoms with E-state index < -0.39 is 11.8 Å². The summed E-state index contributed by atoms with van der Waals surface area (Å²) in [5.41, 5.74) is 1.64. The molecule has 0 saturated carbocycles. The van der Waals surface area contributed by atoms with E-state index in [1.54, 1.807) is 24.3 Å². The first-order valence-electron chi connectivity index (χ1n) is 7.24. The normalized spacial score (nSPS) is 16.0. The molecule has 5 heteroatoms. The predicted octanol–water partition coefficient (Wildman–Crippen LogP) is 3.36. The number of benzene rings is 2. The Morgan fingerprint density at radius 3 is 2.09 bits per heavy atom. The van der Waals surface area contributed by atoms with Gasteiger partial charge in [0.2, 0.25) is 0 Å². The number of para-hydroxylation sites is 1. The van der Waals surface area contributed by atoms with Gasteiger partial charge in [0.15, 0.2) is 0 Å². The summed E-state index contributed by atoms with van der Waals surface area (Å²) in [5, 5.41) is 2.98. The molecule has 1 atom stereocenters. The third-order valence-electron chi connectivity index (χ3n) is 3.70. The van der Waals surface area contributed by atoms with E-state index >= 15 is 0 Å². The Labute approximate surface area is 139 Å². The average Bonchev–Trinajstić information content (AvgIpc) is 2.80. The number of nitrogens with zero attached hydrogens (tertiary/aromatic N) is 1. The van der Waals surface area contributed by atoms with Gasteiger partial charge < -0.3 is 5.32 Å². The second-order valence-electron chi connectivity index (χ2n) is 5.25. The molecule has 3 rings (SSSR count). The molecule has 2 aromatic carbocycles. The Balaban J connectivity index is 1.86. The molecule has 116 valence electrons. The van der Waals surface area contributed by atoms with E-state index in [4.69, 9.17) is 11.6 Å². The molecule has 0 saturated heterocycles. The minimum atomic E-state index is -0.509. The summed E-state index contributed by atoms with van der Waals surface area (Å²) in [4.78, 5) is 26.0. The lowest BCUT2D eigenvalue weighted by Crippen LogP contribution is -2.34. The molecule has 1 unspecified atom stereocenters. The van der Waals surface area contributed by atoms with Crippen LogP contribution in [0, 0.1) is 0 Å². The first kappa shape index (κ1) is 15.3. The zero-order valence-electron chi connectivity index (χ0n) is 12.5. The quantitative estimate of drug-likeness (QED) is 0.876. The first-order chi connectivity index (χ1) is 11.1. The number of rotatable bonds is 4. The fourth-order valence-corrected chi connectivity index (χ4v) is 2.70. The van der Waals surface area contributed by atoms with Gasteiger partial charge in [0.1, 0.15) is 10.7 Å². The number of nitrogens with one attached hydrogen (secondary N) is 1. The molecule has 1 N–H and O–H groups in total. The van der Waals surface area contributed by atoms with Crippen LogP contribution in [0.15, 0.2) is 71.4 Å². The second-order valence-corrected chi connectivity index (χ2v) is 5.62. The Bertz CT molecular complexity index is 772. The van der Waals surface area contributed by atoms with Crippen LogP contribution >= 0.6 is 11.6 Å². The smallest absolute Gasteiger partial charge is 0.283 e. The summed E-state index contributed by atoms with van der Waals surface area (Å²) in [5.74, 6) is -0.945. The monoisotopic (exact) mass is 326 g/mol. The van der Waals surface area contributed by atoms with Gasteiger partial charge in [-0.3, -0.25) is 9.59 Å². The summed E-state index contributed by atoms with van der Waals surface area (Å²) in [6, 6.07) is 18.3. The summed E-state index contributed by atoms with van der Waals surface area (Å²) in [6.07, 6.45) is 0. The number of carbonyl (C=O) groups is 2. The number of carbonyl (C=O) groups excluding carboxylic acids is 2. The van der Waals surface area contributed by atoms with Gasteiger partial charge in [-0.05, 0) is 24.6 Å². The van der Waals surface area contributed by atoms with Crippen molar-refractivity contribution < 1.29 is 9.59 Å². The maximum Gasteiger partial charge on any atom is 0.283 e. The average molecular weight is 327 g/mol. The van der Waals surface area contributed by atoms with Crippen LogP contribution in [-0.4, -0.2) is 11.8 Å². The lowest BCUT2D eigenvalue weighted by molar-refractivity contribution is -0.120. The maximum absolute atomic E-state index is 12.6. The Hall–Kier alpha value is -2.59. The molecule has 4 nitrogen and oxygen atoms in total. The molecule has 0 fully saturated rings. The molecule has 0 aliphatic carbocycles. The molecule has 23 heavy (non-hydrogen) atoms. The highest BCUT2D eigenvalue weighted by Crippen LogP contribution is 2.29. The lowest BCUT2D eigenvalue weighted by atomic mass is 10.1. The predicted molar refractivity (Wildman–Crippen MR) is 89.8 cm³/mol. The van der Waals surface area contributed by atoms with Gasteiger partial charge >= 0.3 is 0 Å². The molecular weight excluding hydrogens is 312 g/mol. The van der Waals surface area contributed by atoms with Crippen LogP contribution < -0.4 is 10.2 Å². The summed E-state index contributed by atoms with van der Waals surface area (Å²) < 4.78 is 0. The number of hydrogen-bond donors (Lipinski definition) is 1. The molecule has 2 amide bonds. The lowest BCUT2D eigenvalue weighted by Gasteiger charge is -2.18. The zero-order valence-corrected chi connectivity index (χ0v) is 13.2. The van der Waals surface area contributed by atoms with E-state index in [0.29, 0.717) is 5.69 Å². The van der Waals surface area contributed by atoms with E-state index in [9.17, 15) is 9.59 Å². The Kier molecular flexibility index (Phi) is 4.17. The van der Waals surface area contributed by atoms with Crippen molar-refractivity contribution in [3.8, 4) is 0 Å². The van der Waals surface area contributed by atoms with Crippen molar-refractivity contribution in [2.24, 2.45) is 0 Å². The number of halogens is 1. The van der Waals surface area contributed by atoms with Gasteiger partial charge in [0, 0.05) is 6.04 Å². The number of amides is 2. The van der Waals surface area contributed by atoms with Gasteiger partial charge in [-0.15, -0.1) is 0 Å². The van der Waals surface area contributed by atoms with Crippen LogP contribution in [0.5, 0.6) is 0 Å². The fourth-order valence-electron chi connectivity index (χ4n) is 2.48. The fraction of sp³-hybridized carbons (Fsp3) is 0.111. The van der Waals surface area contributed by atoms with Crippen LogP contribution in [-0.2, 0) is 9.59 Å². The molecule has 1 aliphatic heterocycles. The Morgan fingerprint density at radius 2 is 1.48 bits per heavy atom. The molecule has 0 radical (unpaired) electrons. The molecule has 1 heterocycles. The minimum Gasteiger partial charge on any atom is -0.373 e. The molecule has 2 aromatic rings. The van der Waals surface area contributed by atoms with Crippen LogP contribution in [0.1, 0.15) is 18.5 Å². The van der Waals surface area contributed by atoms with Crippen LogP contribution in [0.25, 0.3) is 0 Å². The first-order valence-corrected chi connectivity index (χ1v) is 7.62. The van der Waals surface area contributed by atoms with Gasteiger partial charge in [-0.2, -0.15) is 0 Å². The van der Waals surface area contributed by atoms with Gasteiger partial charge in [0.25, 0.3) is 11.8 Å². The van der Waals surface area contributed by atoms with Gasteiger partial charge in [-0.25, -0.2) is 4.90 Å². The summed E-state index contributed by atoms with van der Waals surface area (Å²) >= 11 is 6.10. The van der Waals surface area contributed by atoms with E-state index in [1.165, 1.54) is 0 Å².